The van der Waals surface area contributed by atoms with Gasteiger partial charge in [-0.15, -0.1) is 0 Å². The minimum atomic E-state index is 0.991. The first kappa shape index (κ1) is 13.1. The number of benzene rings is 1. The second kappa shape index (κ2) is 7.17. The van der Waals surface area contributed by atoms with Gasteiger partial charge in [0.1, 0.15) is 0 Å². The van der Waals surface area contributed by atoms with Crippen LogP contribution in [0, 0.1) is 0 Å². The van der Waals surface area contributed by atoms with Gasteiger partial charge in [0.15, 0.2) is 0 Å². The van der Waals surface area contributed by atoms with Crippen molar-refractivity contribution in [2.24, 2.45) is 0 Å². The topological polar surface area (TPSA) is 0 Å². The Bertz CT molecular complexity index is 309. The smallest absolute Gasteiger partial charge is 0.0196 e. The molecular weight excluding hydrogens is 223 g/mol. The summed E-state index contributed by atoms with van der Waals surface area (Å²) in [6, 6.07) is 9.44. The third kappa shape index (κ3) is 4.43. The Morgan fingerprint density at radius 3 is 2.41 bits per heavy atom. The highest BCUT2D eigenvalue weighted by Crippen LogP contribution is 2.32. The van der Waals surface area contributed by atoms with Crippen molar-refractivity contribution in [2.45, 2.75) is 63.9 Å². The van der Waals surface area contributed by atoms with Gasteiger partial charge in [-0.1, -0.05) is 65.5 Å². The summed E-state index contributed by atoms with van der Waals surface area (Å²) in [6.07, 6.45) is 11.2. The molecule has 0 aromatic heterocycles. The first-order chi connectivity index (χ1) is 8.38. The summed E-state index contributed by atoms with van der Waals surface area (Å²) < 4.78 is 0. The molecule has 94 valence electrons. The Labute approximate surface area is 108 Å². The predicted molar refractivity (Wildman–Crippen MR) is 79.9 cm³/mol. The molecule has 1 heteroatoms. The second-order valence-corrected chi connectivity index (χ2v) is 6.96. The summed E-state index contributed by atoms with van der Waals surface area (Å²) in [4.78, 5) is 0. The fourth-order valence-corrected chi connectivity index (χ4v) is 4.16. The van der Waals surface area contributed by atoms with Gasteiger partial charge >= 0.3 is 0 Å². The van der Waals surface area contributed by atoms with Crippen LogP contribution in [0.4, 0.5) is 0 Å². The number of aryl methyl sites for hydroxylation is 1. The minimum absolute atomic E-state index is 0.991. The van der Waals surface area contributed by atoms with E-state index in [1.807, 2.05) is 0 Å². The predicted octanol–water partition coefficient (Wildman–Crippen LogP) is 4.67. The SMILES string of the molecule is CCCCc1ccc(PC2CCCCC2)cc1. The maximum Gasteiger partial charge on any atom is -0.0196 e. The molecule has 1 aliphatic rings. The van der Waals surface area contributed by atoms with Gasteiger partial charge in [-0.3, -0.25) is 0 Å². The number of unbranched alkanes of at least 4 members (excludes halogenated alkanes) is 1. The van der Waals surface area contributed by atoms with E-state index in [9.17, 15) is 0 Å². The van der Waals surface area contributed by atoms with Crippen LogP contribution in [0.2, 0.25) is 0 Å². The van der Waals surface area contributed by atoms with Gasteiger partial charge < -0.3 is 0 Å². The van der Waals surface area contributed by atoms with Crippen LogP contribution in [0.1, 0.15) is 57.4 Å². The van der Waals surface area contributed by atoms with Crippen LogP contribution < -0.4 is 5.30 Å². The molecule has 0 heterocycles. The van der Waals surface area contributed by atoms with E-state index >= 15 is 0 Å². The lowest BCUT2D eigenvalue weighted by Crippen LogP contribution is -2.10. The van der Waals surface area contributed by atoms with Crippen LogP contribution in [0.3, 0.4) is 0 Å². The lowest BCUT2D eigenvalue weighted by atomic mass is 10.0. The number of hydrogen-bond acceptors (Lipinski definition) is 0. The molecule has 2 rings (SSSR count). The Morgan fingerprint density at radius 1 is 1.06 bits per heavy atom. The highest BCUT2D eigenvalue weighted by atomic mass is 31.1. The normalized spacial score (nSPS) is 17.9. The summed E-state index contributed by atoms with van der Waals surface area (Å²) >= 11 is 0. The van der Waals surface area contributed by atoms with Crippen molar-refractivity contribution in [3.8, 4) is 0 Å². The zero-order valence-electron chi connectivity index (χ0n) is 11.0. The molecule has 0 N–H and O–H groups in total. The fraction of sp³-hybridized carbons (Fsp3) is 0.625. The zero-order valence-corrected chi connectivity index (χ0v) is 12.0. The maximum atomic E-state index is 2.37. The third-order valence-electron chi connectivity index (χ3n) is 3.75. The lowest BCUT2D eigenvalue weighted by Gasteiger charge is -2.21. The van der Waals surface area contributed by atoms with E-state index in [4.69, 9.17) is 0 Å². The van der Waals surface area contributed by atoms with Crippen molar-refractivity contribution < 1.29 is 0 Å². The number of hydrogen-bond donors (Lipinski definition) is 0. The summed E-state index contributed by atoms with van der Waals surface area (Å²) in [5, 5.41) is 1.58. The van der Waals surface area contributed by atoms with Crippen LogP contribution in [-0.4, -0.2) is 5.66 Å². The van der Waals surface area contributed by atoms with Crippen molar-refractivity contribution in [1.29, 1.82) is 0 Å². The molecule has 17 heavy (non-hydrogen) atoms. The highest BCUT2D eigenvalue weighted by molar-refractivity contribution is 7.48. The molecule has 1 aromatic rings. The van der Waals surface area contributed by atoms with E-state index < -0.39 is 0 Å². The highest BCUT2D eigenvalue weighted by Gasteiger charge is 2.13. The molecule has 0 aliphatic heterocycles. The van der Waals surface area contributed by atoms with Gasteiger partial charge in [0, 0.05) is 0 Å². The first-order valence-corrected chi connectivity index (χ1v) is 8.31. The van der Waals surface area contributed by atoms with Crippen LogP contribution >= 0.6 is 8.58 Å². The molecule has 1 aliphatic carbocycles. The second-order valence-electron chi connectivity index (χ2n) is 5.28. The fourth-order valence-electron chi connectivity index (χ4n) is 2.63. The Balaban J connectivity index is 1.84. The van der Waals surface area contributed by atoms with E-state index in [-0.39, 0.29) is 0 Å². The molecule has 0 spiro atoms. The average Bonchev–Trinajstić information content (AvgIpc) is 2.39. The molecule has 0 saturated heterocycles. The molecule has 0 bridgehead atoms. The van der Waals surface area contributed by atoms with Crippen LogP contribution in [0.25, 0.3) is 0 Å². The quantitative estimate of drug-likeness (QED) is 0.664. The van der Waals surface area contributed by atoms with Crippen molar-refractivity contribution in [2.75, 3.05) is 0 Å². The Morgan fingerprint density at radius 2 is 1.76 bits per heavy atom. The van der Waals surface area contributed by atoms with Crippen molar-refractivity contribution in [1.82, 2.24) is 0 Å². The molecule has 1 aromatic carbocycles. The van der Waals surface area contributed by atoms with E-state index in [1.165, 1.54) is 56.9 Å². The zero-order chi connectivity index (χ0) is 11.9. The van der Waals surface area contributed by atoms with Crippen molar-refractivity contribution in [3.05, 3.63) is 29.8 Å². The molecule has 0 nitrogen and oxygen atoms in total. The summed E-state index contributed by atoms with van der Waals surface area (Å²) in [5.41, 5.74) is 2.51. The van der Waals surface area contributed by atoms with Crippen molar-refractivity contribution >= 4 is 13.9 Å². The van der Waals surface area contributed by atoms with E-state index in [1.54, 1.807) is 5.30 Å². The lowest BCUT2D eigenvalue weighted by molar-refractivity contribution is 0.514. The molecular formula is C16H25P. The van der Waals surface area contributed by atoms with Gasteiger partial charge in [0.25, 0.3) is 0 Å². The molecule has 0 radical (unpaired) electrons. The minimum Gasteiger partial charge on any atom is -0.0872 e. The van der Waals surface area contributed by atoms with Crippen LogP contribution in [0.5, 0.6) is 0 Å². The summed E-state index contributed by atoms with van der Waals surface area (Å²) in [6.45, 7) is 2.26. The third-order valence-corrected chi connectivity index (χ3v) is 5.40. The maximum absolute atomic E-state index is 2.37. The Hall–Kier alpha value is -0.350. The molecule has 1 fully saturated rings. The molecule has 1 unspecified atom stereocenters. The monoisotopic (exact) mass is 248 g/mol. The van der Waals surface area contributed by atoms with E-state index in [0.29, 0.717) is 0 Å². The summed E-state index contributed by atoms with van der Waals surface area (Å²) in [5.74, 6) is 0. The summed E-state index contributed by atoms with van der Waals surface area (Å²) in [7, 11) is 1.05. The van der Waals surface area contributed by atoms with Crippen LogP contribution in [0.15, 0.2) is 24.3 Å². The molecule has 1 saturated carbocycles. The largest absolute Gasteiger partial charge is 0.0872 e. The van der Waals surface area contributed by atoms with Gasteiger partial charge in [-0.2, -0.15) is 0 Å². The van der Waals surface area contributed by atoms with E-state index in [0.717, 1.165) is 14.2 Å². The van der Waals surface area contributed by atoms with Crippen molar-refractivity contribution in [3.63, 3.8) is 0 Å². The van der Waals surface area contributed by atoms with Gasteiger partial charge in [-0.25, -0.2) is 0 Å². The Kier molecular flexibility index (Phi) is 5.52. The molecule has 0 amide bonds. The van der Waals surface area contributed by atoms with Crippen LogP contribution in [-0.2, 0) is 6.42 Å². The van der Waals surface area contributed by atoms with E-state index in [2.05, 4.69) is 31.2 Å². The number of rotatable bonds is 5. The van der Waals surface area contributed by atoms with Gasteiger partial charge in [-0.05, 0) is 42.2 Å². The first-order valence-electron chi connectivity index (χ1n) is 7.24. The average molecular weight is 248 g/mol. The van der Waals surface area contributed by atoms with Gasteiger partial charge in [0.05, 0.1) is 0 Å². The standard InChI is InChI=1S/C16H25P/c1-2-3-7-14-10-12-16(13-11-14)17-15-8-5-4-6-9-15/h10-13,15,17H,2-9H2,1H3. The van der Waals surface area contributed by atoms with Gasteiger partial charge in [0.2, 0.25) is 0 Å². The molecule has 1 atom stereocenters.